The minimum absolute atomic E-state index is 0.0787. The lowest BCUT2D eigenvalue weighted by molar-refractivity contribution is -0.149. The predicted octanol–water partition coefficient (Wildman–Crippen LogP) is 2.65. The van der Waals surface area contributed by atoms with Gasteiger partial charge in [-0.1, -0.05) is 27.2 Å². The molecule has 0 aliphatic heterocycles. The van der Waals surface area contributed by atoms with Crippen LogP contribution < -0.4 is 5.32 Å². The van der Waals surface area contributed by atoms with Gasteiger partial charge >= 0.3 is 6.18 Å². The Kier molecular flexibility index (Phi) is 6.94. The molecule has 6 heteroatoms. The smallest absolute Gasteiger partial charge is 0.395 e. The van der Waals surface area contributed by atoms with Crippen molar-refractivity contribution in [2.45, 2.75) is 52.3 Å². The first-order valence-electron chi connectivity index (χ1n) is 7.83. The van der Waals surface area contributed by atoms with Crippen LogP contribution >= 0.6 is 0 Å². The van der Waals surface area contributed by atoms with Gasteiger partial charge in [-0.05, 0) is 30.7 Å². The van der Waals surface area contributed by atoms with E-state index in [9.17, 15) is 13.2 Å². The first-order valence-corrected chi connectivity index (χ1v) is 7.83. The number of aliphatic hydroxyl groups excluding tert-OH is 1. The Morgan fingerprint density at radius 3 is 2.52 bits per heavy atom. The Bertz CT molecular complexity index is 308. The number of hydrogen-bond acceptors (Lipinski definition) is 3. The molecule has 0 amide bonds. The third kappa shape index (κ3) is 6.12. The van der Waals surface area contributed by atoms with Gasteiger partial charge < -0.3 is 10.4 Å². The summed E-state index contributed by atoms with van der Waals surface area (Å²) in [5.74, 6) is 0.197. The summed E-state index contributed by atoms with van der Waals surface area (Å²) in [5, 5.41) is 12.5. The number of aliphatic hydroxyl groups is 1. The van der Waals surface area contributed by atoms with Crippen LogP contribution in [0.2, 0.25) is 0 Å². The number of alkyl halides is 3. The molecule has 1 aliphatic carbocycles. The number of nitrogens with one attached hydrogen (secondary N) is 1. The fourth-order valence-corrected chi connectivity index (χ4v) is 3.60. The predicted molar refractivity (Wildman–Crippen MR) is 78.2 cm³/mol. The van der Waals surface area contributed by atoms with E-state index in [1.807, 2.05) is 6.92 Å². The summed E-state index contributed by atoms with van der Waals surface area (Å²) in [5.41, 5.74) is 0.0992. The van der Waals surface area contributed by atoms with Gasteiger partial charge in [0.25, 0.3) is 0 Å². The highest BCUT2D eigenvalue weighted by molar-refractivity contribution is 4.94. The van der Waals surface area contributed by atoms with Gasteiger partial charge in [0.15, 0.2) is 0 Å². The summed E-state index contributed by atoms with van der Waals surface area (Å²) in [4.78, 5) is 1.34. The highest BCUT2D eigenvalue weighted by Gasteiger charge is 2.40. The zero-order valence-corrected chi connectivity index (χ0v) is 13.3. The van der Waals surface area contributed by atoms with Crippen LogP contribution in [0, 0.1) is 11.3 Å². The van der Waals surface area contributed by atoms with Crippen molar-refractivity contribution in [2.24, 2.45) is 11.3 Å². The molecule has 2 atom stereocenters. The normalized spacial score (nSPS) is 26.3. The molecule has 0 aromatic heterocycles. The van der Waals surface area contributed by atoms with E-state index in [1.165, 1.54) is 4.90 Å². The maximum Gasteiger partial charge on any atom is 0.401 e. The van der Waals surface area contributed by atoms with Crippen LogP contribution in [-0.2, 0) is 0 Å². The Morgan fingerprint density at radius 2 is 2.00 bits per heavy atom. The van der Waals surface area contributed by atoms with Crippen molar-refractivity contribution in [2.75, 3.05) is 32.8 Å². The minimum Gasteiger partial charge on any atom is -0.395 e. The summed E-state index contributed by atoms with van der Waals surface area (Å²) in [6.07, 6.45) is -1.12. The van der Waals surface area contributed by atoms with Crippen molar-refractivity contribution in [3.05, 3.63) is 0 Å². The van der Waals surface area contributed by atoms with Gasteiger partial charge in [0.2, 0.25) is 0 Å². The van der Waals surface area contributed by atoms with Crippen molar-refractivity contribution in [1.29, 1.82) is 0 Å². The van der Waals surface area contributed by atoms with Gasteiger partial charge in [-0.3, -0.25) is 4.90 Å². The topological polar surface area (TPSA) is 35.5 Å². The van der Waals surface area contributed by atoms with Crippen LogP contribution in [0.5, 0.6) is 0 Å². The molecule has 21 heavy (non-hydrogen) atoms. The van der Waals surface area contributed by atoms with E-state index in [1.54, 1.807) is 0 Å². The molecule has 0 aromatic carbocycles. The second-order valence-corrected chi connectivity index (χ2v) is 6.75. The Morgan fingerprint density at radius 1 is 1.33 bits per heavy atom. The molecule has 0 aromatic rings. The van der Waals surface area contributed by atoms with E-state index in [0.717, 1.165) is 25.8 Å². The van der Waals surface area contributed by atoms with E-state index in [0.29, 0.717) is 6.54 Å². The highest BCUT2D eigenvalue weighted by atomic mass is 19.4. The molecule has 2 unspecified atom stereocenters. The maximum atomic E-state index is 12.6. The molecule has 1 fully saturated rings. The largest absolute Gasteiger partial charge is 0.401 e. The summed E-state index contributed by atoms with van der Waals surface area (Å²) in [6.45, 7) is 6.52. The fraction of sp³-hybridized carbons (Fsp3) is 1.00. The molecule has 1 saturated carbocycles. The van der Waals surface area contributed by atoms with E-state index in [-0.39, 0.29) is 30.5 Å². The van der Waals surface area contributed by atoms with Gasteiger partial charge in [-0.25, -0.2) is 0 Å². The number of nitrogens with zero attached hydrogens (tertiary/aromatic N) is 1. The Hall–Kier alpha value is -0.330. The Balaban J connectivity index is 2.74. The third-order valence-corrected chi connectivity index (χ3v) is 4.45. The summed E-state index contributed by atoms with van der Waals surface area (Å²) >= 11 is 0. The molecular formula is C15H29F3N2O. The number of hydrogen-bond donors (Lipinski definition) is 2. The summed E-state index contributed by atoms with van der Waals surface area (Å²) in [6, 6.07) is 0.227. The standard InChI is InChI=1S/C15H29F3N2O/c1-4-19-13-12(6-5-7-14(13,2)3)10-20(8-9-21)11-15(16,17)18/h12-13,19,21H,4-11H2,1-3H3. The molecule has 0 heterocycles. The lowest BCUT2D eigenvalue weighted by Gasteiger charge is -2.46. The second-order valence-electron chi connectivity index (χ2n) is 6.75. The molecule has 0 saturated heterocycles. The fourth-order valence-electron chi connectivity index (χ4n) is 3.60. The van der Waals surface area contributed by atoms with E-state index in [4.69, 9.17) is 5.11 Å². The van der Waals surface area contributed by atoms with Crippen molar-refractivity contribution < 1.29 is 18.3 Å². The lowest BCUT2D eigenvalue weighted by Crippen LogP contribution is -2.53. The molecule has 1 rings (SSSR count). The zero-order chi connectivity index (χ0) is 16.1. The average Bonchev–Trinajstić information content (AvgIpc) is 2.31. The van der Waals surface area contributed by atoms with Crippen LogP contribution in [0.1, 0.15) is 40.0 Å². The SMILES string of the molecule is CCNC1C(CN(CCO)CC(F)(F)F)CCCC1(C)C. The van der Waals surface area contributed by atoms with Crippen molar-refractivity contribution >= 4 is 0 Å². The van der Waals surface area contributed by atoms with Gasteiger partial charge in [-0.2, -0.15) is 13.2 Å². The second kappa shape index (κ2) is 7.79. The average molecular weight is 310 g/mol. The molecular weight excluding hydrogens is 281 g/mol. The number of halogens is 3. The highest BCUT2D eigenvalue weighted by Crippen LogP contribution is 2.39. The van der Waals surface area contributed by atoms with Gasteiger partial charge in [0.05, 0.1) is 13.2 Å². The van der Waals surface area contributed by atoms with Crippen molar-refractivity contribution in [3.8, 4) is 0 Å². The first kappa shape index (κ1) is 18.7. The minimum atomic E-state index is -4.22. The number of rotatable bonds is 7. The van der Waals surface area contributed by atoms with E-state index >= 15 is 0 Å². The summed E-state index contributed by atoms with van der Waals surface area (Å²) < 4.78 is 37.9. The molecule has 126 valence electrons. The van der Waals surface area contributed by atoms with Crippen LogP contribution in [0.25, 0.3) is 0 Å². The lowest BCUT2D eigenvalue weighted by atomic mass is 9.67. The molecule has 0 radical (unpaired) electrons. The van der Waals surface area contributed by atoms with Crippen molar-refractivity contribution in [3.63, 3.8) is 0 Å². The van der Waals surface area contributed by atoms with Gasteiger partial charge in [0, 0.05) is 19.1 Å². The summed E-state index contributed by atoms with van der Waals surface area (Å²) in [7, 11) is 0. The van der Waals surface area contributed by atoms with Crippen LogP contribution in [-0.4, -0.2) is 55.0 Å². The third-order valence-electron chi connectivity index (χ3n) is 4.45. The Labute approximate surface area is 125 Å². The molecule has 2 N–H and O–H groups in total. The van der Waals surface area contributed by atoms with Gasteiger partial charge in [-0.15, -0.1) is 0 Å². The van der Waals surface area contributed by atoms with E-state index in [2.05, 4.69) is 19.2 Å². The van der Waals surface area contributed by atoms with Gasteiger partial charge in [0.1, 0.15) is 0 Å². The van der Waals surface area contributed by atoms with Crippen LogP contribution in [0.4, 0.5) is 13.2 Å². The quantitative estimate of drug-likeness (QED) is 0.759. The maximum absolute atomic E-state index is 12.6. The zero-order valence-electron chi connectivity index (χ0n) is 13.3. The molecule has 3 nitrogen and oxygen atoms in total. The molecule has 0 spiro atoms. The first-order chi connectivity index (χ1) is 9.69. The van der Waals surface area contributed by atoms with Crippen LogP contribution in [0.15, 0.2) is 0 Å². The molecule has 1 aliphatic rings. The monoisotopic (exact) mass is 310 g/mol. The van der Waals surface area contributed by atoms with E-state index < -0.39 is 12.7 Å². The van der Waals surface area contributed by atoms with Crippen LogP contribution in [0.3, 0.4) is 0 Å². The van der Waals surface area contributed by atoms with Crippen molar-refractivity contribution in [1.82, 2.24) is 10.2 Å². The molecule has 0 bridgehead atoms.